The molecule has 0 unspecified atom stereocenters. The molecule has 0 saturated carbocycles. The van der Waals surface area contributed by atoms with Crippen LogP contribution in [0, 0.1) is 5.92 Å². The monoisotopic (exact) mass is 419 g/mol. The van der Waals surface area contributed by atoms with Crippen molar-refractivity contribution < 1.29 is 23.9 Å². The number of ether oxygens (including phenoxy) is 1. The van der Waals surface area contributed by atoms with E-state index < -0.39 is 41.6 Å². The maximum atomic E-state index is 13.0. The maximum Gasteiger partial charge on any atom is 0.408 e. The molecule has 166 valence electrons. The smallest absolute Gasteiger partial charge is 0.408 e. The minimum absolute atomic E-state index is 0.225. The largest absolute Gasteiger partial charge is 0.444 e. The topological polar surface area (TPSA) is 114 Å². The molecule has 0 aromatic heterocycles. The predicted molar refractivity (Wildman–Crippen MR) is 114 cm³/mol. The van der Waals surface area contributed by atoms with Gasteiger partial charge in [0, 0.05) is 6.42 Å². The summed E-state index contributed by atoms with van der Waals surface area (Å²) in [5, 5.41) is 7.84. The zero-order valence-corrected chi connectivity index (χ0v) is 18.5. The summed E-state index contributed by atoms with van der Waals surface area (Å²) in [6, 6.07) is 6.73. The first kappa shape index (κ1) is 25.1. The lowest BCUT2D eigenvalue weighted by Crippen LogP contribution is -2.57. The summed E-state index contributed by atoms with van der Waals surface area (Å²) in [5.41, 5.74) is 0.122. The van der Waals surface area contributed by atoms with Crippen molar-refractivity contribution in [3.63, 3.8) is 0 Å². The number of rotatable bonds is 9. The van der Waals surface area contributed by atoms with Crippen LogP contribution in [0.2, 0.25) is 0 Å². The molecule has 30 heavy (non-hydrogen) atoms. The van der Waals surface area contributed by atoms with Gasteiger partial charge in [-0.15, -0.1) is 0 Å². The summed E-state index contributed by atoms with van der Waals surface area (Å²) in [6.07, 6.45) is 0.112. The summed E-state index contributed by atoms with van der Waals surface area (Å²) in [6.45, 7) is 10.3. The van der Waals surface area contributed by atoms with E-state index in [0.29, 0.717) is 6.29 Å². The van der Waals surface area contributed by atoms with Gasteiger partial charge in [0.1, 0.15) is 24.0 Å². The van der Waals surface area contributed by atoms with Crippen LogP contribution in [-0.2, 0) is 25.5 Å². The first-order valence-corrected chi connectivity index (χ1v) is 10.0. The Bertz CT molecular complexity index is 728. The highest BCUT2D eigenvalue weighted by atomic mass is 16.6. The molecule has 0 aliphatic heterocycles. The van der Waals surface area contributed by atoms with Crippen molar-refractivity contribution in [3.8, 4) is 0 Å². The third-order valence-electron chi connectivity index (χ3n) is 4.11. The van der Waals surface area contributed by atoms with Gasteiger partial charge in [-0.3, -0.25) is 9.59 Å². The average Bonchev–Trinajstić information content (AvgIpc) is 2.64. The van der Waals surface area contributed by atoms with E-state index in [2.05, 4.69) is 16.0 Å². The second-order valence-electron chi connectivity index (χ2n) is 8.55. The average molecular weight is 420 g/mol. The zero-order valence-electron chi connectivity index (χ0n) is 18.5. The highest BCUT2D eigenvalue weighted by Gasteiger charge is 2.30. The van der Waals surface area contributed by atoms with Crippen LogP contribution < -0.4 is 16.0 Å². The normalized spacial score (nSPS) is 14.2. The fraction of sp³-hybridized carbons (Fsp3) is 0.545. The summed E-state index contributed by atoms with van der Waals surface area (Å²) in [7, 11) is 0. The van der Waals surface area contributed by atoms with E-state index in [-0.39, 0.29) is 12.3 Å². The van der Waals surface area contributed by atoms with E-state index in [9.17, 15) is 19.2 Å². The van der Waals surface area contributed by atoms with Crippen LogP contribution >= 0.6 is 0 Å². The van der Waals surface area contributed by atoms with Crippen molar-refractivity contribution in [1.82, 2.24) is 16.0 Å². The number of benzene rings is 1. The van der Waals surface area contributed by atoms with Gasteiger partial charge in [0.05, 0.1) is 6.04 Å². The van der Waals surface area contributed by atoms with Crippen LogP contribution in [0.15, 0.2) is 30.3 Å². The molecule has 1 rings (SSSR count). The molecule has 8 heteroatoms. The SMILES string of the molecule is CC(C)[C@H](NC(=O)[C@H](Cc1ccccc1)NC(=O)OC(C)(C)C)C(=O)N[C@@H](C)C=O. The van der Waals surface area contributed by atoms with Crippen molar-refractivity contribution in [2.75, 3.05) is 0 Å². The molecule has 0 heterocycles. The van der Waals surface area contributed by atoms with Gasteiger partial charge in [0.25, 0.3) is 0 Å². The molecule has 1 aromatic rings. The molecule has 0 radical (unpaired) electrons. The van der Waals surface area contributed by atoms with Gasteiger partial charge in [-0.2, -0.15) is 0 Å². The first-order valence-electron chi connectivity index (χ1n) is 10.0. The molecule has 0 fully saturated rings. The van der Waals surface area contributed by atoms with E-state index in [0.717, 1.165) is 5.56 Å². The van der Waals surface area contributed by atoms with E-state index in [1.54, 1.807) is 41.5 Å². The van der Waals surface area contributed by atoms with Crippen LogP contribution in [-0.4, -0.2) is 47.9 Å². The fourth-order valence-corrected chi connectivity index (χ4v) is 2.65. The number of hydrogen-bond donors (Lipinski definition) is 3. The molecular formula is C22H33N3O5. The molecule has 3 N–H and O–H groups in total. The Morgan fingerprint density at radius 1 is 0.967 bits per heavy atom. The van der Waals surface area contributed by atoms with Crippen LogP contribution in [0.5, 0.6) is 0 Å². The van der Waals surface area contributed by atoms with Gasteiger partial charge in [0.2, 0.25) is 11.8 Å². The Balaban J connectivity index is 2.99. The minimum Gasteiger partial charge on any atom is -0.444 e. The van der Waals surface area contributed by atoms with Crippen molar-refractivity contribution in [1.29, 1.82) is 0 Å². The first-order chi connectivity index (χ1) is 13.9. The van der Waals surface area contributed by atoms with Gasteiger partial charge < -0.3 is 25.5 Å². The van der Waals surface area contributed by atoms with Gasteiger partial charge in [-0.25, -0.2) is 4.79 Å². The molecule has 3 amide bonds. The van der Waals surface area contributed by atoms with Gasteiger partial charge in [0.15, 0.2) is 0 Å². The summed E-state index contributed by atoms with van der Waals surface area (Å²) < 4.78 is 5.27. The van der Waals surface area contributed by atoms with Crippen molar-refractivity contribution in [2.24, 2.45) is 5.92 Å². The Hall–Kier alpha value is -2.90. The minimum atomic E-state index is -0.945. The van der Waals surface area contributed by atoms with Crippen molar-refractivity contribution in [3.05, 3.63) is 35.9 Å². The summed E-state index contributed by atoms with van der Waals surface area (Å²) in [4.78, 5) is 48.6. The number of carbonyl (C=O) groups is 4. The van der Waals surface area contributed by atoms with Crippen molar-refractivity contribution in [2.45, 2.75) is 71.7 Å². The highest BCUT2D eigenvalue weighted by molar-refractivity contribution is 5.92. The van der Waals surface area contributed by atoms with Crippen LogP contribution in [0.4, 0.5) is 4.79 Å². The van der Waals surface area contributed by atoms with E-state index >= 15 is 0 Å². The number of aldehydes is 1. The number of alkyl carbamates (subject to hydrolysis) is 1. The Morgan fingerprint density at radius 3 is 2.07 bits per heavy atom. The second kappa shape index (κ2) is 11.3. The van der Waals surface area contributed by atoms with Crippen molar-refractivity contribution >= 4 is 24.2 Å². The second-order valence-corrected chi connectivity index (χ2v) is 8.55. The lowest BCUT2D eigenvalue weighted by Gasteiger charge is -2.27. The third kappa shape index (κ3) is 9.07. The van der Waals surface area contributed by atoms with Gasteiger partial charge >= 0.3 is 6.09 Å². The Morgan fingerprint density at radius 2 is 1.57 bits per heavy atom. The molecule has 0 spiro atoms. The Labute approximate surface area is 178 Å². The summed E-state index contributed by atoms with van der Waals surface area (Å²) in [5.74, 6) is -1.21. The van der Waals surface area contributed by atoms with E-state index in [1.807, 2.05) is 30.3 Å². The molecule has 0 bridgehead atoms. The van der Waals surface area contributed by atoms with E-state index in [1.165, 1.54) is 0 Å². The molecule has 0 saturated heterocycles. The third-order valence-corrected chi connectivity index (χ3v) is 4.11. The molecule has 0 aliphatic rings. The standard InChI is InChI=1S/C22H33N3O5/c1-14(2)18(20(28)23-15(3)13-26)25-19(27)17(12-16-10-8-7-9-11-16)24-21(29)30-22(4,5)6/h7-11,13-15,17-18H,12H2,1-6H3,(H,23,28)(H,24,29)(H,25,27)/t15-,17-,18-/m0/s1. The molecular weight excluding hydrogens is 386 g/mol. The lowest BCUT2D eigenvalue weighted by molar-refractivity contribution is -0.131. The molecule has 0 aliphatic carbocycles. The molecule has 3 atom stereocenters. The summed E-state index contributed by atoms with van der Waals surface area (Å²) >= 11 is 0. The van der Waals surface area contributed by atoms with E-state index in [4.69, 9.17) is 4.74 Å². The Kier molecular flexibility index (Phi) is 9.49. The molecule has 8 nitrogen and oxygen atoms in total. The fourth-order valence-electron chi connectivity index (χ4n) is 2.65. The quantitative estimate of drug-likeness (QED) is 0.530. The zero-order chi connectivity index (χ0) is 22.9. The number of nitrogens with one attached hydrogen (secondary N) is 3. The predicted octanol–water partition coefficient (Wildman–Crippen LogP) is 1.97. The van der Waals surface area contributed by atoms with Crippen LogP contribution in [0.1, 0.15) is 47.1 Å². The lowest BCUT2D eigenvalue weighted by atomic mass is 10.0. The number of amides is 3. The maximum absolute atomic E-state index is 13.0. The van der Waals surface area contributed by atoms with Gasteiger partial charge in [-0.05, 0) is 39.2 Å². The molecule has 1 aromatic carbocycles. The number of carbonyl (C=O) groups excluding carboxylic acids is 4. The number of hydrogen-bond acceptors (Lipinski definition) is 5. The van der Waals surface area contributed by atoms with Gasteiger partial charge in [-0.1, -0.05) is 44.2 Å². The van der Waals surface area contributed by atoms with Crippen LogP contribution in [0.3, 0.4) is 0 Å². The van der Waals surface area contributed by atoms with Crippen LogP contribution in [0.25, 0.3) is 0 Å². The highest BCUT2D eigenvalue weighted by Crippen LogP contribution is 2.10.